The van der Waals surface area contributed by atoms with Crippen molar-refractivity contribution in [2.45, 2.75) is 12.5 Å². The molecule has 1 fully saturated rings. The molecule has 3 aromatic rings. The van der Waals surface area contributed by atoms with E-state index in [1.54, 1.807) is 0 Å². The van der Waals surface area contributed by atoms with E-state index in [1.165, 1.54) is 0 Å². The maximum absolute atomic E-state index is 6.09. The van der Waals surface area contributed by atoms with Gasteiger partial charge in [-0.3, -0.25) is 0 Å². The summed E-state index contributed by atoms with van der Waals surface area (Å²) in [6.45, 7) is 1.86. The van der Waals surface area contributed by atoms with Crippen LogP contribution in [0.3, 0.4) is 0 Å². The fourth-order valence-electron chi connectivity index (χ4n) is 2.69. The monoisotopic (exact) mass is 307 g/mol. The highest BCUT2D eigenvalue weighted by atomic mass is 16.5. The molecule has 1 aliphatic heterocycles. The number of ether oxygens (including phenoxy) is 1. The normalized spacial score (nSPS) is 17.3. The Hall–Kier alpha value is -2.66. The van der Waals surface area contributed by atoms with Gasteiger partial charge in [-0.05, 0) is 25.1 Å². The summed E-state index contributed by atoms with van der Waals surface area (Å²) >= 11 is 0. The molecule has 4 rings (SSSR count). The van der Waals surface area contributed by atoms with E-state index in [4.69, 9.17) is 9.26 Å². The second-order valence-corrected chi connectivity index (χ2v) is 5.52. The summed E-state index contributed by atoms with van der Waals surface area (Å²) in [5, 5.41) is 7.38. The highest BCUT2D eigenvalue weighted by Crippen LogP contribution is 2.31. The molecule has 1 saturated heterocycles. The lowest BCUT2D eigenvalue weighted by Gasteiger charge is -2.14. The average molecular weight is 307 g/mol. The van der Waals surface area contributed by atoms with Crippen LogP contribution >= 0.6 is 0 Å². The largest absolute Gasteiger partial charge is 0.488 e. The molecule has 0 radical (unpaired) electrons. The van der Waals surface area contributed by atoms with Gasteiger partial charge in [0.15, 0.2) is 0 Å². The van der Waals surface area contributed by atoms with Gasteiger partial charge in [0, 0.05) is 12.1 Å². The van der Waals surface area contributed by atoms with Gasteiger partial charge in [0.2, 0.25) is 5.82 Å². The van der Waals surface area contributed by atoms with E-state index >= 15 is 0 Å². The lowest BCUT2D eigenvalue weighted by atomic mass is 10.2. The second-order valence-electron chi connectivity index (χ2n) is 5.52. The van der Waals surface area contributed by atoms with Crippen LogP contribution in [0.2, 0.25) is 0 Å². The first-order valence-corrected chi connectivity index (χ1v) is 7.76. The van der Waals surface area contributed by atoms with Gasteiger partial charge < -0.3 is 14.6 Å². The molecule has 1 aromatic heterocycles. The first kappa shape index (κ1) is 14.0. The number of hydrogen-bond donors (Lipinski definition) is 1. The van der Waals surface area contributed by atoms with Crippen LogP contribution in [0.4, 0.5) is 0 Å². The lowest BCUT2D eigenvalue weighted by Crippen LogP contribution is -2.19. The van der Waals surface area contributed by atoms with Gasteiger partial charge in [-0.25, -0.2) is 0 Å². The van der Waals surface area contributed by atoms with Crippen molar-refractivity contribution >= 4 is 0 Å². The molecule has 0 aliphatic carbocycles. The van der Waals surface area contributed by atoms with Crippen molar-refractivity contribution < 1.29 is 9.26 Å². The van der Waals surface area contributed by atoms with Crippen molar-refractivity contribution in [3.05, 3.63) is 54.6 Å². The van der Waals surface area contributed by atoms with Crippen LogP contribution in [0.25, 0.3) is 22.8 Å². The maximum atomic E-state index is 6.09. The number of rotatable bonds is 4. The molecule has 0 spiro atoms. The SMILES string of the molecule is c1ccc(-c2noc(-c3ccccc3OC3CCNC3)n2)cc1. The number of nitrogens with zero attached hydrogens (tertiary/aromatic N) is 2. The molecular formula is C18H17N3O2. The zero-order valence-electron chi connectivity index (χ0n) is 12.6. The highest BCUT2D eigenvalue weighted by Gasteiger charge is 2.20. The molecule has 1 N–H and O–H groups in total. The fourth-order valence-corrected chi connectivity index (χ4v) is 2.69. The Morgan fingerprint density at radius 1 is 1.04 bits per heavy atom. The molecule has 23 heavy (non-hydrogen) atoms. The third-order valence-corrected chi connectivity index (χ3v) is 3.88. The van der Waals surface area contributed by atoms with Gasteiger partial charge in [0.05, 0.1) is 5.56 Å². The first-order valence-electron chi connectivity index (χ1n) is 7.76. The molecule has 0 amide bonds. The molecule has 0 bridgehead atoms. The van der Waals surface area contributed by atoms with Crippen molar-refractivity contribution in [3.8, 4) is 28.6 Å². The van der Waals surface area contributed by atoms with Crippen molar-refractivity contribution in [2.24, 2.45) is 0 Å². The first-order chi connectivity index (χ1) is 11.4. The standard InChI is InChI=1S/C18H17N3O2/c1-2-6-13(7-3-1)17-20-18(23-21-17)15-8-4-5-9-16(15)22-14-10-11-19-12-14/h1-9,14,19H,10-12H2. The van der Waals surface area contributed by atoms with Crippen molar-refractivity contribution in [1.29, 1.82) is 0 Å². The Morgan fingerprint density at radius 3 is 2.70 bits per heavy atom. The molecule has 2 heterocycles. The molecule has 2 aromatic carbocycles. The Bertz CT molecular complexity index is 780. The average Bonchev–Trinajstić information content (AvgIpc) is 3.28. The summed E-state index contributed by atoms with van der Waals surface area (Å²) in [5.41, 5.74) is 1.76. The Morgan fingerprint density at radius 2 is 1.87 bits per heavy atom. The van der Waals surface area contributed by atoms with E-state index < -0.39 is 0 Å². The van der Waals surface area contributed by atoms with Crippen molar-refractivity contribution in [3.63, 3.8) is 0 Å². The van der Waals surface area contributed by atoms with Gasteiger partial charge >= 0.3 is 0 Å². The van der Waals surface area contributed by atoms with Crippen LogP contribution in [0, 0.1) is 0 Å². The third kappa shape index (κ3) is 2.96. The van der Waals surface area contributed by atoms with Gasteiger partial charge in [-0.15, -0.1) is 0 Å². The van der Waals surface area contributed by atoms with Crippen LogP contribution in [-0.4, -0.2) is 29.3 Å². The Labute approximate surface area is 134 Å². The number of para-hydroxylation sites is 1. The highest BCUT2D eigenvalue weighted by molar-refractivity contribution is 5.65. The molecule has 5 heteroatoms. The van der Waals surface area contributed by atoms with Crippen molar-refractivity contribution in [2.75, 3.05) is 13.1 Å². The molecule has 1 aliphatic rings. The molecule has 0 saturated carbocycles. The summed E-state index contributed by atoms with van der Waals surface area (Å²) < 4.78 is 11.5. The number of benzene rings is 2. The number of aromatic nitrogens is 2. The Balaban J connectivity index is 1.64. The lowest BCUT2D eigenvalue weighted by molar-refractivity contribution is 0.223. The summed E-state index contributed by atoms with van der Waals surface area (Å²) in [5.74, 6) is 1.84. The number of nitrogens with one attached hydrogen (secondary N) is 1. The third-order valence-electron chi connectivity index (χ3n) is 3.88. The summed E-state index contributed by atoms with van der Waals surface area (Å²) in [7, 11) is 0. The van der Waals surface area contributed by atoms with Crippen LogP contribution in [0.15, 0.2) is 59.1 Å². The van der Waals surface area contributed by atoms with Gasteiger partial charge in [-0.2, -0.15) is 4.98 Å². The smallest absolute Gasteiger partial charge is 0.262 e. The van der Waals surface area contributed by atoms with E-state index in [1.807, 2.05) is 54.6 Å². The predicted octanol–water partition coefficient (Wildman–Crippen LogP) is 3.14. The number of hydrogen-bond acceptors (Lipinski definition) is 5. The molecule has 116 valence electrons. The van der Waals surface area contributed by atoms with E-state index in [-0.39, 0.29) is 6.10 Å². The van der Waals surface area contributed by atoms with Gasteiger partial charge in [0.1, 0.15) is 11.9 Å². The van der Waals surface area contributed by atoms with Crippen LogP contribution in [-0.2, 0) is 0 Å². The quantitative estimate of drug-likeness (QED) is 0.802. The fraction of sp³-hybridized carbons (Fsp3) is 0.222. The molecule has 1 atom stereocenters. The minimum Gasteiger partial charge on any atom is -0.488 e. The zero-order valence-corrected chi connectivity index (χ0v) is 12.6. The summed E-state index contributed by atoms with van der Waals surface area (Å²) in [6, 6.07) is 17.6. The van der Waals surface area contributed by atoms with E-state index in [9.17, 15) is 0 Å². The van der Waals surface area contributed by atoms with Gasteiger partial charge in [0.25, 0.3) is 5.89 Å². The summed E-state index contributed by atoms with van der Waals surface area (Å²) in [4.78, 5) is 4.51. The minimum absolute atomic E-state index is 0.188. The van der Waals surface area contributed by atoms with E-state index in [2.05, 4.69) is 15.5 Å². The predicted molar refractivity (Wildman–Crippen MR) is 87.1 cm³/mol. The van der Waals surface area contributed by atoms with Crippen LogP contribution < -0.4 is 10.1 Å². The van der Waals surface area contributed by atoms with E-state index in [0.29, 0.717) is 11.7 Å². The summed E-state index contributed by atoms with van der Waals surface area (Å²) in [6.07, 6.45) is 1.20. The second kappa shape index (κ2) is 6.22. The van der Waals surface area contributed by atoms with Gasteiger partial charge in [-0.1, -0.05) is 47.6 Å². The molecule has 5 nitrogen and oxygen atoms in total. The van der Waals surface area contributed by atoms with Crippen LogP contribution in [0.1, 0.15) is 6.42 Å². The molecular weight excluding hydrogens is 290 g/mol. The minimum atomic E-state index is 0.188. The maximum Gasteiger partial charge on any atom is 0.262 e. The topological polar surface area (TPSA) is 60.2 Å². The Kier molecular flexibility index (Phi) is 3.78. The molecule has 1 unspecified atom stereocenters. The van der Waals surface area contributed by atoms with Crippen LogP contribution in [0.5, 0.6) is 5.75 Å². The van der Waals surface area contributed by atoms with Crippen molar-refractivity contribution in [1.82, 2.24) is 15.5 Å². The van der Waals surface area contributed by atoms with E-state index in [0.717, 1.165) is 36.4 Å². The zero-order chi connectivity index (χ0) is 15.5.